The van der Waals surface area contributed by atoms with Crippen LogP contribution in [-0.4, -0.2) is 28.2 Å². The topological polar surface area (TPSA) is 74.0 Å². The summed E-state index contributed by atoms with van der Waals surface area (Å²) in [5.41, 5.74) is 8.03. The number of anilines is 3. The van der Waals surface area contributed by atoms with Gasteiger partial charge in [-0.05, 0) is 49.1 Å². The molecule has 2 aliphatic heterocycles. The van der Waals surface area contributed by atoms with Crippen molar-refractivity contribution in [3.05, 3.63) is 59.4 Å². The molecule has 156 valence electrons. The van der Waals surface area contributed by atoms with Crippen molar-refractivity contribution in [2.75, 3.05) is 16.8 Å². The molecule has 1 N–H and O–H groups in total. The Morgan fingerprint density at radius 3 is 2.87 bits per heavy atom. The normalized spacial score (nSPS) is 17.9. The number of nitrogens with zero attached hydrogens (tertiary/aromatic N) is 4. The summed E-state index contributed by atoms with van der Waals surface area (Å²) in [6.07, 6.45) is 6.76. The molecule has 6 heteroatoms. The van der Waals surface area contributed by atoms with Crippen LogP contribution in [0.25, 0.3) is 11.1 Å². The SMILES string of the molecule is C[C@@H]1CC(=O)Cc2cccc(N3CCCc4cc(-c5cnn(C)c5)c(C#N)cc43)c2N1. The number of rotatable bonds is 2. The van der Waals surface area contributed by atoms with E-state index in [4.69, 9.17) is 0 Å². The van der Waals surface area contributed by atoms with Gasteiger partial charge in [-0.15, -0.1) is 0 Å². The van der Waals surface area contributed by atoms with E-state index in [1.807, 2.05) is 37.6 Å². The number of carbonyl (C=O) groups is 1. The lowest BCUT2D eigenvalue weighted by Gasteiger charge is -2.34. The predicted octanol–water partition coefficient (Wildman–Crippen LogP) is 4.36. The van der Waals surface area contributed by atoms with Gasteiger partial charge in [0.05, 0.1) is 29.2 Å². The Morgan fingerprint density at radius 1 is 1.23 bits per heavy atom. The third-order valence-corrected chi connectivity index (χ3v) is 6.21. The van der Waals surface area contributed by atoms with Crippen LogP contribution >= 0.6 is 0 Å². The second-order valence-electron chi connectivity index (χ2n) is 8.57. The molecule has 0 bridgehead atoms. The molecule has 0 saturated carbocycles. The minimum atomic E-state index is 0.0989. The van der Waals surface area contributed by atoms with Crippen LogP contribution in [-0.2, 0) is 24.7 Å². The maximum absolute atomic E-state index is 12.3. The summed E-state index contributed by atoms with van der Waals surface area (Å²) in [5.74, 6) is 0.267. The number of ketones is 1. The summed E-state index contributed by atoms with van der Waals surface area (Å²) < 4.78 is 1.76. The molecular formula is C25H25N5O. The number of benzene rings is 2. The standard InChI is InChI=1S/C25H25N5O/c1-16-9-21(31)10-18-5-3-7-23(25(18)28-16)30-8-4-6-17-11-22(19(13-26)12-24(17)30)20-14-27-29(2)15-20/h3,5,7,11-12,14-16,28H,4,6,8-10H2,1-2H3/t16-/m1/s1. The number of hydrogen-bond acceptors (Lipinski definition) is 5. The summed E-state index contributed by atoms with van der Waals surface area (Å²) in [5, 5.41) is 17.7. The van der Waals surface area contributed by atoms with E-state index < -0.39 is 0 Å². The Bertz CT molecular complexity index is 1220. The van der Waals surface area contributed by atoms with Gasteiger partial charge in [0, 0.05) is 55.5 Å². The Hall–Kier alpha value is -3.59. The van der Waals surface area contributed by atoms with E-state index in [0.29, 0.717) is 18.4 Å². The lowest BCUT2D eigenvalue weighted by molar-refractivity contribution is -0.118. The summed E-state index contributed by atoms with van der Waals surface area (Å²) in [4.78, 5) is 14.6. The van der Waals surface area contributed by atoms with E-state index in [0.717, 1.165) is 53.1 Å². The van der Waals surface area contributed by atoms with Gasteiger partial charge in [-0.3, -0.25) is 9.48 Å². The quantitative estimate of drug-likeness (QED) is 0.678. The van der Waals surface area contributed by atoms with E-state index >= 15 is 0 Å². The summed E-state index contributed by atoms with van der Waals surface area (Å²) in [7, 11) is 1.88. The highest BCUT2D eigenvalue weighted by Crippen LogP contribution is 2.42. The van der Waals surface area contributed by atoms with Gasteiger partial charge in [-0.25, -0.2) is 0 Å². The average molecular weight is 412 g/mol. The number of fused-ring (bicyclic) bond motifs is 2. The summed E-state index contributed by atoms with van der Waals surface area (Å²) in [6.45, 7) is 2.94. The Balaban J connectivity index is 1.63. The highest BCUT2D eigenvalue weighted by molar-refractivity contribution is 5.90. The van der Waals surface area contributed by atoms with Crippen LogP contribution in [0.3, 0.4) is 0 Å². The molecule has 2 aromatic carbocycles. The average Bonchev–Trinajstić information content (AvgIpc) is 3.12. The molecule has 6 nitrogen and oxygen atoms in total. The van der Waals surface area contributed by atoms with Gasteiger partial charge in [0.15, 0.2) is 0 Å². The van der Waals surface area contributed by atoms with Crippen LogP contribution in [0.5, 0.6) is 0 Å². The lowest BCUT2D eigenvalue weighted by atomic mass is 9.93. The number of aryl methyl sites for hydroxylation is 2. The zero-order chi connectivity index (χ0) is 21.5. The van der Waals surface area contributed by atoms with Crippen molar-refractivity contribution in [3.8, 4) is 17.2 Å². The summed E-state index contributed by atoms with van der Waals surface area (Å²) >= 11 is 0. The maximum atomic E-state index is 12.3. The minimum absolute atomic E-state index is 0.0989. The Labute approximate surface area is 182 Å². The Kier molecular flexibility index (Phi) is 4.74. The van der Waals surface area contributed by atoms with Crippen molar-refractivity contribution in [2.45, 2.75) is 38.6 Å². The predicted molar refractivity (Wildman–Crippen MR) is 122 cm³/mol. The Morgan fingerprint density at radius 2 is 2.10 bits per heavy atom. The second-order valence-corrected chi connectivity index (χ2v) is 8.57. The second kappa shape index (κ2) is 7.59. The fourth-order valence-electron chi connectivity index (χ4n) is 4.82. The van der Waals surface area contributed by atoms with Gasteiger partial charge < -0.3 is 10.2 Å². The number of para-hydroxylation sites is 1. The van der Waals surface area contributed by atoms with Crippen LogP contribution in [0.4, 0.5) is 17.1 Å². The van der Waals surface area contributed by atoms with Gasteiger partial charge in [0.25, 0.3) is 0 Å². The first-order chi connectivity index (χ1) is 15.0. The van der Waals surface area contributed by atoms with Crippen molar-refractivity contribution in [3.63, 3.8) is 0 Å². The highest BCUT2D eigenvalue weighted by atomic mass is 16.1. The van der Waals surface area contributed by atoms with Gasteiger partial charge in [-0.1, -0.05) is 12.1 Å². The first-order valence-electron chi connectivity index (χ1n) is 10.8. The molecule has 3 aromatic rings. The molecule has 0 spiro atoms. The van der Waals surface area contributed by atoms with Crippen molar-refractivity contribution in [2.24, 2.45) is 7.05 Å². The molecule has 0 unspecified atom stereocenters. The lowest BCUT2D eigenvalue weighted by Crippen LogP contribution is -2.26. The van der Waals surface area contributed by atoms with Gasteiger partial charge in [0.1, 0.15) is 5.78 Å². The van der Waals surface area contributed by atoms with Crippen LogP contribution in [0.15, 0.2) is 42.7 Å². The fourth-order valence-corrected chi connectivity index (χ4v) is 4.82. The van der Waals surface area contributed by atoms with Crippen molar-refractivity contribution >= 4 is 22.8 Å². The molecule has 0 radical (unpaired) electrons. The molecule has 5 rings (SSSR count). The summed E-state index contributed by atoms with van der Waals surface area (Å²) in [6, 6.07) is 12.8. The van der Waals surface area contributed by atoms with E-state index in [2.05, 4.69) is 40.4 Å². The van der Waals surface area contributed by atoms with E-state index in [9.17, 15) is 10.1 Å². The number of aromatic nitrogens is 2. The van der Waals surface area contributed by atoms with Crippen molar-refractivity contribution in [1.82, 2.24) is 9.78 Å². The van der Waals surface area contributed by atoms with Gasteiger partial charge >= 0.3 is 0 Å². The van der Waals surface area contributed by atoms with E-state index in [1.54, 1.807) is 4.68 Å². The largest absolute Gasteiger partial charge is 0.380 e. The van der Waals surface area contributed by atoms with Gasteiger partial charge in [-0.2, -0.15) is 10.4 Å². The smallest absolute Gasteiger partial charge is 0.139 e. The number of carbonyl (C=O) groups excluding carboxylic acids is 1. The number of nitrogens with one attached hydrogen (secondary N) is 1. The zero-order valence-electron chi connectivity index (χ0n) is 17.9. The highest BCUT2D eigenvalue weighted by Gasteiger charge is 2.26. The van der Waals surface area contributed by atoms with E-state index in [1.165, 1.54) is 5.56 Å². The molecule has 0 amide bonds. The minimum Gasteiger partial charge on any atom is -0.380 e. The molecule has 0 aliphatic carbocycles. The maximum Gasteiger partial charge on any atom is 0.139 e. The molecule has 0 saturated heterocycles. The van der Waals surface area contributed by atoms with Crippen molar-refractivity contribution in [1.29, 1.82) is 5.26 Å². The van der Waals surface area contributed by atoms with Crippen LogP contribution in [0.1, 0.15) is 36.5 Å². The zero-order valence-corrected chi connectivity index (χ0v) is 17.9. The van der Waals surface area contributed by atoms with Crippen molar-refractivity contribution < 1.29 is 4.79 Å². The first-order valence-corrected chi connectivity index (χ1v) is 10.8. The molecule has 2 aliphatic rings. The number of hydrogen-bond donors (Lipinski definition) is 1. The molecule has 3 heterocycles. The monoisotopic (exact) mass is 411 g/mol. The van der Waals surface area contributed by atoms with Crippen LogP contribution in [0.2, 0.25) is 0 Å². The molecule has 1 aromatic heterocycles. The third kappa shape index (κ3) is 3.46. The molecule has 31 heavy (non-hydrogen) atoms. The molecular weight excluding hydrogens is 386 g/mol. The van der Waals surface area contributed by atoms with Crippen LogP contribution in [0, 0.1) is 11.3 Å². The van der Waals surface area contributed by atoms with Gasteiger partial charge in [0.2, 0.25) is 0 Å². The van der Waals surface area contributed by atoms with E-state index in [-0.39, 0.29) is 11.8 Å². The first kappa shape index (κ1) is 19.4. The molecule has 0 fully saturated rings. The third-order valence-electron chi connectivity index (χ3n) is 6.21. The molecule has 1 atom stereocenters. The van der Waals surface area contributed by atoms with Crippen LogP contribution < -0.4 is 10.2 Å². The fraction of sp³-hybridized carbons (Fsp3) is 0.320. The number of Topliss-reactive ketones (excluding diaryl/α,β-unsaturated/α-hetero) is 1. The number of nitriles is 1.